The molecular weight excluding hydrogens is 805 g/mol. The van der Waals surface area contributed by atoms with Crippen molar-refractivity contribution in [1.29, 1.82) is 0 Å². The van der Waals surface area contributed by atoms with Gasteiger partial charge in [-0.15, -0.1) is 0 Å². The van der Waals surface area contributed by atoms with Crippen LogP contribution in [0, 0.1) is 0 Å². The number of carbonyl (C=O) groups excluding carboxylic acids is 3. The van der Waals surface area contributed by atoms with Crippen molar-refractivity contribution < 1.29 is 28.6 Å². The van der Waals surface area contributed by atoms with Crippen LogP contribution in [0.25, 0.3) is 0 Å². The Balaban J connectivity index is 4.52. The minimum Gasteiger partial charge on any atom is -0.462 e. The van der Waals surface area contributed by atoms with E-state index in [4.69, 9.17) is 14.2 Å². The molecule has 6 nitrogen and oxygen atoms in total. The molecule has 0 rings (SSSR count). The van der Waals surface area contributed by atoms with Gasteiger partial charge in [0.15, 0.2) is 6.10 Å². The average Bonchev–Trinajstić information content (AvgIpc) is 3.30. The monoisotopic (exact) mass is 905 g/mol. The zero-order valence-corrected chi connectivity index (χ0v) is 42.5. The van der Waals surface area contributed by atoms with Crippen molar-refractivity contribution in [3.05, 3.63) is 85.1 Å². The van der Waals surface area contributed by atoms with Gasteiger partial charge in [-0.2, -0.15) is 0 Å². The van der Waals surface area contributed by atoms with Crippen molar-refractivity contribution in [2.75, 3.05) is 13.2 Å². The maximum absolute atomic E-state index is 12.8. The third kappa shape index (κ3) is 51.4. The number of ether oxygens (including phenoxy) is 3. The van der Waals surface area contributed by atoms with Crippen LogP contribution in [-0.2, 0) is 28.6 Å². The first kappa shape index (κ1) is 61.6. The predicted octanol–water partition coefficient (Wildman–Crippen LogP) is 18.0. The number of carbonyl (C=O) groups is 3. The summed E-state index contributed by atoms with van der Waals surface area (Å²) in [7, 11) is 0. The molecule has 0 unspecified atom stereocenters. The second-order valence-corrected chi connectivity index (χ2v) is 17.8. The fourth-order valence-electron chi connectivity index (χ4n) is 7.22. The summed E-state index contributed by atoms with van der Waals surface area (Å²) in [5.41, 5.74) is 0. The topological polar surface area (TPSA) is 78.9 Å². The summed E-state index contributed by atoms with van der Waals surface area (Å²) >= 11 is 0. The van der Waals surface area contributed by atoms with Crippen molar-refractivity contribution in [1.82, 2.24) is 0 Å². The Morgan fingerprint density at radius 3 is 0.954 bits per heavy atom. The fraction of sp³-hybridized carbons (Fsp3) is 0.712. The molecule has 0 radical (unpaired) electrons. The molecule has 0 aliphatic rings. The lowest BCUT2D eigenvalue weighted by molar-refractivity contribution is -0.167. The highest BCUT2D eigenvalue weighted by Crippen LogP contribution is 2.13. The third-order valence-electron chi connectivity index (χ3n) is 11.3. The van der Waals surface area contributed by atoms with Crippen molar-refractivity contribution >= 4 is 17.9 Å². The van der Waals surface area contributed by atoms with E-state index >= 15 is 0 Å². The van der Waals surface area contributed by atoms with Crippen LogP contribution in [0.5, 0.6) is 0 Å². The molecule has 0 fully saturated rings. The van der Waals surface area contributed by atoms with Gasteiger partial charge in [0.2, 0.25) is 0 Å². The molecule has 0 aromatic carbocycles. The van der Waals surface area contributed by atoms with E-state index in [1.807, 2.05) is 0 Å². The molecule has 0 bridgehead atoms. The van der Waals surface area contributed by atoms with E-state index < -0.39 is 6.10 Å². The molecule has 0 saturated heterocycles. The molecule has 372 valence electrons. The Morgan fingerprint density at radius 2 is 0.569 bits per heavy atom. The molecule has 1 atom stereocenters. The lowest BCUT2D eigenvalue weighted by Gasteiger charge is -2.18. The third-order valence-corrected chi connectivity index (χ3v) is 11.3. The van der Waals surface area contributed by atoms with Crippen molar-refractivity contribution in [3.8, 4) is 0 Å². The van der Waals surface area contributed by atoms with Gasteiger partial charge in [-0.25, -0.2) is 0 Å². The van der Waals surface area contributed by atoms with Crippen LogP contribution >= 0.6 is 0 Å². The van der Waals surface area contributed by atoms with E-state index in [-0.39, 0.29) is 37.5 Å². The van der Waals surface area contributed by atoms with Crippen molar-refractivity contribution in [2.24, 2.45) is 0 Å². The van der Waals surface area contributed by atoms with Crippen LogP contribution in [-0.4, -0.2) is 37.2 Å². The highest BCUT2D eigenvalue weighted by molar-refractivity contribution is 5.71. The maximum Gasteiger partial charge on any atom is 0.306 e. The van der Waals surface area contributed by atoms with Gasteiger partial charge in [0, 0.05) is 19.3 Å². The molecule has 0 N–H and O–H groups in total. The summed E-state index contributed by atoms with van der Waals surface area (Å²) in [6, 6.07) is 0. The summed E-state index contributed by atoms with van der Waals surface area (Å²) in [6.45, 7) is 6.51. The van der Waals surface area contributed by atoms with E-state index in [1.54, 1.807) is 0 Å². The van der Waals surface area contributed by atoms with Gasteiger partial charge in [0.05, 0.1) is 0 Å². The fourth-order valence-corrected chi connectivity index (χ4v) is 7.22. The second kappa shape index (κ2) is 53.2. The van der Waals surface area contributed by atoms with Gasteiger partial charge in [-0.3, -0.25) is 14.4 Å². The minimum atomic E-state index is -0.814. The standard InChI is InChI=1S/C59H100O6/c1-4-7-10-13-16-19-22-25-28-29-32-35-38-41-44-47-50-53-59(62)65-56(54-63-57(60)51-48-45-42-39-36-33-30-26-23-20-17-14-11-8-5-2)55-64-58(61)52-49-46-43-40-37-34-31-27-24-21-18-15-12-9-6-3/h16-17,19-20,25-28,30-32,35,41,44,56H,4-15,18,21-24,29,33-34,36-40,42-43,45-55H2,1-3H3/b19-16-,20-17-,28-25-,30-26-,31-27-,35-32-,44-41-/t56-/m0/s1. The first-order chi connectivity index (χ1) is 32.0. The molecule has 0 saturated carbocycles. The summed E-state index contributed by atoms with van der Waals surface area (Å²) in [6.07, 6.45) is 68.5. The Morgan fingerprint density at radius 1 is 0.308 bits per heavy atom. The molecule has 0 aliphatic heterocycles. The normalized spacial score (nSPS) is 12.7. The molecule has 6 heteroatoms. The van der Waals surface area contributed by atoms with Crippen LogP contribution < -0.4 is 0 Å². The number of unbranched alkanes of at least 4 members (excludes halogenated alkanes) is 23. The van der Waals surface area contributed by atoms with E-state index in [1.165, 1.54) is 103 Å². The maximum atomic E-state index is 12.8. The van der Waals surface area contributed by atoms with Gasteiger partial charge in [-0.1, -0.05) is 202 Å². The van der Waals surface area contributed by atoms with Gasteiger partial charge in [0.25, 0.3) is 0 Å². The zero-order chi connectivity index (χ0) is 47.2. The van der Waals surface area contributed by atoms with Crippen molar-refractivity contribution in [3.63, 3.8) is 0 Å². The van der Waals surface area contributed by atoms with E-state index in [9.17, 15) is 14.4 Å². The van der Waals surface area contributed by atoms with E-state index in [0.717, 1.165) is 103 Å². The number of hydrogen-bond donors (Lipinski definition) is 0. The molecule has 0 aliphatic carbocycles. The highest BCUT2D eigenvalue weighted by atomic mass is 16.6. The van der Waals surface area contributed by atoms with E-state index in [2.05, 4.69) is 106 Å². The SMILES string of the molecule is CCCCC/C=C\C/C=C\C/C=C\C/C=C\CCCC(=O)O[C@@H](COC(=O)CCCCCCC/C=C\C/C=C\CCCCC)COC(=O)CCCCCCC/C=C\CCCCCCCC. The Kier molecular flexibility index (Phi) is 50.4. The zero-order valence-electron chi connectivity index (χ0n) is 42.5. The van der Waals surface area contributed by atoms with Gasteiger partial charge in [-0.05, 0) is 116 Å². The summed E-state index contributed by atoms with van der Waals surface area (Å²) in [4.78, 5) is 38.0. The number of rotatable bonds is 48. The largest absolute Gasteiger partial charge is 0.462 e. The predicted molar refractivity (Wildman–Crippen MR) is 279 cm³/mol. The van der Waals surface area contributed by atoms with Crippen LogP contribution in [0.3, 0.4) is 0 Å². The quantitative estimate of drug-likeness (QED) is 0.0262. The highest BCUT2D eigenvalue weighted by Gasteiger charge is 2.19. The molecule has 0 amide bonds. The lowest BCUT2D eigenvalue weighted by atomic mass is 10.1. The molecule has 0 aromatic rings. The van der Waals surface area contributed by atoms with Crippen LogP contribution in [0.1, 0.15) is 252 Å². The minimum absolute atomic E-state index is 0.107. The molecular formula is C59H100O6. The lowest BCUT2D eigenvalue weighted by Crippen LogP contribution is -2.30. The average molecular weight is 905 g/mol. The molecule has 0 aromatic heterocycles. The van der Waals surface area contributed by atoms with E-state index in [0.29, 0.717) is 19.3 Å². The summed E-state index contributed by atoms with van der Waals surface area (Å²) < 4.78 is 16.8. The van der Waals surface area contributed by atoms with Gasteiger partial charge in [0.1, 0.15) is 13.2 Å². The molecule has 65 heavy (non-hydrogen) atoms. The van der Waals surface area contributed by atoms with Crippen LogP contribution in [0.4, 0.5) is 0 Å². The Bertz CT molecular complexity index is 1270. The van der Waals surface area contributed by atoms with Gasteiger partial charge >= 0.3 is 17.9 Å². The second-order valence-electron chi connectivity index (χ2n) is 17.8. The van der Waals surface area contributed by atoms with Crippen LogP contribution in [0.15, 0.2) is 85.1 Å². The van der Waals surface area contributed by atoms with Crippen molar-refractivity contribution in [2.45, 2.75) is 258 Å². The smallest absolute Gasteiger partial charge is 0.306 e. The Labute approximate surface area is 401 Å². The number of esters is 3. The summed E-state index contributed by atoms with van der Waals surface area (Å²) in [5.74, 6) is -0.985. The van der Waals surface area contributed by atoms with Gasteiger partial charge < -0.3 is 14.2 Å². The number of hydrogen-bond acceptors (Lipinski definition) is 6. The summed E-state index contributed by atoms with van der Waals surface area (Å²) in [5, 5.41) is 0. The first-order valence-corrected chi connectivity index (χ1v) is 27.1. The Hall–Kier alpha value is -3.41. The molecule has 0 heterocycles. The van der Waals surface area contributed by atoms with Crippen LogP contribution in [0.2, 0.25) is 0 Å². The number of allylic oxidation sites excluding steroid dienone is 14. The molecule has 0 spiro atoms. The first-order valence-electron chi connectivity index (χ1n) is 27.1.